The molecule has 10 heteroatoms. The van der Waals surface area contributed by atoms with Gasteiger partial charge in [0, 0.05) is 29.4 Å². The van der Waals surface area contributed by atoms with E-state index in [0.717, 1.165) is 23.8 Å². The molecule has 0 aliphatic carbocycles. The van der Waals surface area contributed by atoms with Crippen molar-refractivity contribution in [3.05, 3.63) is 105 Å². The standard InChI is InChI=1S/C27H23F2N5O2S/c1-16-12-22(32-34(16)23-13-19(28)8-9-21(23)29)25-17(2)31-27-33(26(25)36)20(15-37-27)14-24(35)30-11-10-18-6-4-3-5-7-18/h3-9,12-13,15H,10-11,14H2,1-2H3,(H,30,35). The first kappa shape index (κ1) is 24.5. The second-order valence-electron chi connectivity index (χ2n) is 8.66. The minimum atomic E-state index is -0.639. The van der Waals surface area contributed by atoms with E-state index in [2.05, 4.69) is 15.4 Å². The Morgan fingerprint density at radius 3 is 2.65 bits per heavy atom. The van der Waals surface area contributed by atoms with E-state index in [1.54, 1.807) is 25.3 Å². The van der Waals surface area contributed by atoms with E-state index in [1.807, 2.05) is 30.3 Å². The molecule has 0 saturated carbocycles. The Kier molecular flexibility index (Phi) is 6.66. The summed E-state index contributed by atoms with van der Waals surface area (Å²) in [6.45, 7) is 3.87. The lowest BCUT2D eigenvalue weighted by atomic mass is 10.1. The predicted octanol–water partition coefficient (Wildman–Crippen LogP) is 4.41. The lowest BCUT2D eigenvalue weighted by Crippen LogP contribution is -2.29. The molecular weight excluding hydrogens is 496 g/mol. The van der Waals surface area contributed by atoms with Crippen LogP contribution in [0, 0.1) is 25.5 Å². The van der Waals surface area contributed by atoms with E-state index >= 15 is 0 Å². The molecule has 3 heterocycles. The summed E-state index contributed by atoms with van der Waals surface area (Å²) >= 11 is 1.27. The molecule has 0 spiro atoms. The number of carbonyl (C=O) groups excluding carboxylic acids is 1. The number of benzene rings is 2. The van der Waals surface area contributed by atoms with E-state index in [1.165, 1.54) is 20.4 Å². The maximum absolute atomic E-state index is 14.4. The highest BCUT2D eigenvalue weighted by molar-refractivity contribution is 7.15. The van der Waals surface area contributed by atoms with Gasteiger partial charge < -0.3 is 5.32 Å². The summed E-state index contributed by atoms with van der Waals surface area (Å²) in [5.74, 6) is -1.44. The molecular formula is C27H23F2N5O2S. The zero-order chi connectivity index (χ0) is 26.1. The Morgan fingerprint density at radius 2 is 1.86 bits per heavy atom. The maximum atomic E-state index is 14.4. The average Bonchev–Trinajstić information content (AvgIpc) is 3.44. The molecule has 3 aromatic heterocycles. The maximum Gasteiger partial charge on any atom is 0.268 e. The minimum absolute atomic E-state index is 0.0147. The number of rotatable bonds is 7. The van der Waals surface area contributed by atoms with Gasteiger partial charge in [-0.15, -0.1) is 11.3 Å². The highest BCUT2D eigenvalue weighted by Gasteiger charge is 2.21. The molecule has 0 radical (unpaired) electrons. The smallest absolute Gasteiger partial charge is 0.268 e. The van der Waals surface area contributed by atoms with Crippen LogP contribution in [0.3, 0.4) is 0 Å². The number of fused-ring (bicyclic) bond motifs is 1. The van der Waals surface area contributed by atoms with Gasteiger partial charge in [0.1, 0.15) is 23.0 Å². The topological polar surface area (TPSA) is 81.3 Å². The van der Waals surface area contributed by atoms with Gasteiger partial charge in [-0.3, -0.25) is 14.0 Å². The summed E-state index contributed by atoms with van der Waals surface area (Å²) in [5, 5.41) is 9.05. The fraction of sp³-hybridized carbons (Fsp3) is 0.185. The van der Waals surface area contributed by atoms with Gasteiger partial charge in [0.05, 0.1) is 17.7 Å². The van der Waals surface area contributed by atoms with Gasteiger partial charge in [-0.1, -0.05) is 30.3 Å². The average molecular weight is 520 g/mol. The first-order valence-corrected chi connectivity index (χ1v) is 12.5. The largest absolute Gasteiger partial charge is 0.355 e. The van der Waals surface area contributed by atoms with Crippen LogP contribution in [0.15, 0.2) is 64.8 Å². The first-order valence-electron chi connectivity index (χ1n) is 11.6. The van der Waals surface area contributed by atoms with Crippen LogP contribution in [-0.2, 0) is 17.6 Å². The quantitative estimate of drug-likeness (QED) is 0.346. The first-order chi connectivity index (χ1) is 17.8. The van der Waals surface area contributed by atoms with Gasteiger partial charge in [-0.25, -0.2) is 18.4 Å². The molecule has 1 N–H and O–H groups in total. The number of nitrogens with zero attached hydrogens (tertiary/aromatic N) is 4. The lowest BCUT2D eigenvalue weighted by molar-refractivity contribution is -0.120. The van der Waals surface area contributed by atoms with E-state index in [4.69, 9.17) is 0 Å². The molecule has 0 atom stereocenters. The molecule has 2 aromatic carbocycles. The van der Waals surface area contributed by atoms with Crippen LogP contribution in [-0.4, -0.2) is 31.6 Å². The van der Waals surface area contributed by atoms with Crippen molar-refractivity contribution in [2.45, 2.75) is 26.7 Å². The zero-order valence-corrected chi connectivity index (χ0v) is 21.0. The van der Waals surface area contributed by atoms with Gasteiger partial charge in [0.25, 0.3) is 5.56 Å². The SMILES string of the molecule is Cc1nc2scc(CC(=O)NCCc3ccccc3)n2c(=O)c1-c1cc(C)n(-c2cc(F)ccc2F)n1. The Morgan fingerprint density at radius 1 is 1.08 bits per heavy atom. The van der Waals surface area contributed by atoms with Crippen molar-refractivity contribution in [2.75, 3.05) is 6.54 Å². The number of nitrogens with one attached hydrogen (secondary N) is 1. The Hall–Kier alpha value is -4.18. The Bertz CT molecular complexity index is 1670. The Labute approximate surface area is 215 Å². The summed E-state index contributed by atoms with van der Waals surface area (Å²) in [6.07, 6.45) is 0.719. The Balaban J connectivity index is 1.44. The number of hydrogen-bond acceptors (Lipinski definition) is 5. The van der Waals surface area contributed by atoms with Crippen molar-refractivity contribution in [1.29, 1.82) is 0 Å². The summed E-state index contributed by atoms with van der Waals surface area (Å²) in [4.78, 5) is 31.2. The molecule has 0 unspecified atom stereocenters. The van der Waals surface area contributed by atoms with Crippen molar-refractivity contribution in [1.82, 2.24) is 24.5 Å². The molecule has 5 aromatic rings. The molecule has 0 fully saturated rings. The molecule has 37 heavy (non-hydrogen) atoms. The number of amides is 1. The summed E-state index contributed by atoms with van der Waals surface area (Å²) in [5.41, 5.74) is 2.71. The van der Waals surface area contributed by atoms with Gasteiger partial charge in [0.15, 0.2) is 4.96 Å². The minimum Gasteiger partial charge on any atom is -0.355 e. The van der Waals surface area contributed by atoms with Crippen molar-refractivity contribution in [2.24, 2.45) is 0 Å². The highest BCUT2D eigenvalue weighted by atomic mass is 32.1. The molecule has 0 aliphatic heterocycles. The number of aromatic nitrogens is 4. The molecule has 0 saturated heterocycles. The van der Waals surface area contributed by atoms with Gasteiger partial charge in [-0.05, 0) is 44.0 Å². The van der Waals surface area contributed by atoms with Crippen LogP contribution in [0.2, 0.25) is 0 Å². The van der Waals surface area contributed by atoms with Gasteiger partial charge >= 0.3 is 0 Å². The third-order valence-corrected chi connectivity index (χ3v) is 6.90. The molecule has 1 amide bonds. The van der Waals surface area contributed by atoms with Crippen LogP contribution in [0.1, 0.15) is 22.6 Å². The van der Waals surface area contributed by atoms with Crippen LogP contribution in [0.25, 0.3) is 21.9 Å². The molecule has 0 bridgehead atoms. The van der Waals surface area contributed by atoms with Gasteiger partial charge in [-0.2, -0.15) is 5.10 Å². The second-order valence-corrected chi connectivity index (χ2v) is 9.50. The molecule has 5 rings (SSSR count). The van der Waals surface area contributed by atoms with E-state index in [-0.39, 0.29) is 34.8 Å². The van der Waals surface area contributed by atoms with Crippen molar-refractivity contribution >= 4 is 22.2 Å². The number of halogens is 2. The zero-order valence-electron chi connectivity index (χ0n) is 20.2. The molecule has 0 aliphatic rings. The second kappa shape index (κ2) is 10.1. The number of aryl methyl sites for hydroxylation is 2. The fourth-order valence-corrected chi connectivity index (χ4v) is 5.16. The number of thiazole rings is 1. The molecule has 188 valence electrons. The fourth-order valence-electron chi connectivity index (χ4n) is 4.23. The lowest BCUT2D eigenvalue weighted by Gasteiger charge is -2.08. The van der Waals surface area contributed by atoms with Crippen LogP contribution in [0.4, 0.5) is 8.78 Å². The third kappa shape index (κ3) is 4.92. The van der Waals surface area contributed by atoms with Crippen molar-refractivity contribution in [3.63, 3.8) is 0 Å². The number of carbonyl (C=O) groups is 1. The molecule has 7 nitrogen and oxygen atoms in total. The van der Waals surface area contributed by atoms with E-state index in [0.29, 0.717) is 35.0 Å². The monoisotopic (exact) mass is 519 g/mol. The third-order valence-electron chi connectivity index (χ3n) is 6.02. The van der Waals surface area contributed by atoms with Crippen molar-refractivity contribution < 1.29 is 13.6 Å². The van der Waals surface area contributed by atoms with Gasteiger partial charge in [0.2, 0.25) is 5.91 Å². The van der Waals surface area contributed by atoms with Crippen LogP contribution in [0.5, 0.6) is 0 Å². The predicted molar refractivity (Wildman–Crippen MR) is 138 cm³/mol. The number of hydrogen-bond donors (Lipinski definition) is 1. The summed E-state index contributed by atoms with van der Waals surface area (Å²) in [6, 6.07) is 14.6. The highest BCUT2D eigenvalue weighted by Crippen LogP contribution is 2.24. The summed E-state index contributed by atoms with van der Waals surface area (Å²) in [7, 11) is 0. The van der Waals surface area contributed by atoms with Crippen molar-refractivity contribution in [3.8, 4) is 16.9 Å². The van der Waals surface area contributed by atoms with E-state index < -0.39 is 11.6 Å². The summed E-state index contributed by atoms with van der Waals surface area (Å²) < 4.78 is 30.8. The van der Waals surface area contributed by atoms with Crippen LogP contribution >= 0.6 is 11.3 Å². The van der Waals surface area contributed by atoms with E-state index in [9.17, 15) is 18.4 Å². The van der Waals surface area contributed by atoms with Crippen LogP contribution < -0.4 is 10.9 Å². The normalized spacial score (nSPS) is 11.2.